The van der Waals surface area contributed by atoms with Crippen molar-refractivity contribution in [3.8, 4) is 0 Å². The fourth-order valence-electron chi connectivity index (χ4n) is 2.02. The minimum atomic E-state index is -0.475. The van der Waals surface area contributed by atoms with Crippen molar-refractivity contribution in [2.45, 2.75) is 19.3 Å². The Kier molecular flexibility index (Phi) is 4.41. The maximum Gasteiger partial charge on any atom is 0.231 e. The number of thiocarbonyl (C=S) groups is 1. The molecule has 0 bridgehead atoms. The maximum absolute atomic E-state index is 10.9. The minimum absolute atomic E-state index is 0.0106. The van der Waals surface area contributed by atoms with Crippen LogP contribution in [-0.4, -0.2) is 41.3 Å². The van der Waals surface area contributed by atoms with Gasteiger partial charge < -0.3 is 17.2 Å². The van der Waals surface area contributed by atoms with Crippen LogP contribution in [0.4, 0.5) is 0 Å². The van der Waals surface area contributed by atoms with Crippen molar-refractivity contribution >= 4 is 29.0 Å². The number of carbonyl (C=O) groups is 2. The molecule has 1 rings (SSSR count). The Morgan fingerprint density at radius 1 is 1.12 bits per heavy atom. The van der Waals surface area contributed by atoms with E-state index in [2.05, 4.69) is 0 Å². The molecule has 1 aliphatic carbocycles. The highest BCUT2D eigenvalue weighted by Crippen LogP contribution is 2.49. The molecule has 7 heteroatoms. The first-order valence-corrected chi connectivity index (χ1v) is 5.81. The Bertz CT molecular complexity index is 325. The third kappa shape index (κ3) is 5.10. The molecule has 2 amide bonds. The second-order valence-corrected chi connectivity index (χ2v) is 5.25. The van der Waals surface area contributed by atoms with Crippen LogP contribution in [0, 0.1) is 5.41 Å². The van der Waals surface area contributed by atoms with Crippen LogP contribution in [0.5, 0.6) is 0 Å². The average Bonchev–Trinajstić information content (AvgIpc) is 2.79. The lowest BCUT2D eigenvalue weighted by Gasteiger charge is -2.24. The van der Waals surface area contributed by atoms with Gasteiger partial charge in [-0.25, -0.2) is 0 Å². The Balaban J connectivity index is 2.56. The van der Waals surface area contributed by atoms with Crippen LogP contribution in [0.15, 0.2) is 0 Å². The van der Waals surface area contributed by atoms with Crippen LogP contribution in [-0.2, 0) is 9.59 Å². The molecular weight excluding hydrogens is 240 g/mol. The number of hydrogen-bond acceptors (Lipinski definition) is 4. The van der Waals surface area contributed by atoms with Crippen LogP contribution in [0.1, 0.15) is 19.3 Å². The summed E-state index contributed by atoms with van der Waals surface area (Å²) in [6.07, 6.45) is 2.63. The van der Waals surface area contributed by atoms with Gasteiger partial charge >= 0.3 is 0 Å². The zero-order chi connectivity index (χ0) is 13.1. The summed E-state index contributed by atoms with van der Waals surface area (Å²) < 4.78 is 0. The highest BCUT2D eigenvalue weighted by molar-refractivity contribution is 7.80. The third-order valence-corrected chi connectivity index (χ3v) is 2.97. The molecule has 0 aromatic carbocycles. The molecule has 0 atom stereocenters. The van der Waals surface area contributed by atoms with Crippen LogP contribution >= 0.6 is 12.2 Å². The summed E-state index contributed by atoms with van der Waals surface area (Å²) in [5.74, 6) is -0.949. The van der Waals surface area contributed by atoms with E-state index in [0.29, 0.717) is 18.0 Å². The molecule has 0 heterocycles. The number of carbonyl (C=O) groups excluding carboxylic acids is 2. The topological polar surface area (TPSA) is 115 Å². The van der Waals surface area contributed by atoms with Gasteiger partial charge in [-0.15, -0.1) is 0 Å². The fourth-order valence-corrected chi connectivity index (χ4v) is 2.33. The SMILES string of the molecule is NC(=O)CN(CC(N)=O)CC1(CC(N)=S)CC1. The van der Waals surface area contributed by atoms with Gasteiger partial charge in [-0.1, -0.05) is 12.2 Å². The Labute approximate surface area is 105 Å². The summed E-state index contributed by atoms with van der Waals surface area (Å²) in [5.41, 5.74) is 15.8. The van der Waals surface area contributed by atoms with Crippen molar-refractivity contribution in [1.82, 2.24) is 4.90 Å². The molecule has 1 fully saturated rings. The molecule has 6 N–H and O–H groups in total. The van der Waals surface area contributed by atoms with Crippen molar-refractivity contribution in [2.75, 3.05) is 19.6 Å². The second-order valence-electron chi connectivity index (χ2n) is 4.72. The molecular formula is C10H18N4O2S. The second kappa shape index (κ2) is 5.42. The highest BCUT2D eigenvalue weighted by Gasteiger charge is 2.44. The van der Waals surface area contributed by atoms with Gasteiger partial charge in [-0.3, -0.25) is 14.5 Å². The number of hydrogen-bond donors (Lipinski definition) is 3. The first-order valence-electron chi connectivity index (χ1n) is 5.40. The molecule has 1 saturated carbocycles. The first kappa shape index (κ1) is 13.9. The summed E-state index contributed by atoms with van der Waals surface area (Å²) in [6.45, 7) is 0.639. The van der Waals surface area contributed by atoms with E-state index in [-0.39, 0.29) is 18.5 Å². The third-order valence-electron chi connectivity index (χ3n) is 2.82. The van der Waals surface area contributed by atoms with Crippen LogP contribution in [0.2, 0.25) is 0 Å². The van der Waals surface area contributed by atoms with Gasteiger partial charge in [-0.2, -0.15) is 0 Å². The molecule has 96 valence electrons. The fraction of sp³-hybridized carbons (Fsp3) is 0.700. The number of nitrogens with zero attached hydrogens (tertiary/aromatic N) is 1. The van der Waals surface area contributed by atoms with E-state index in [1.807, 2.05) is 0 Å². The van der Waals surface area contributed by atoms with E-state index in [1.54, 1.807) is 4.90 Å². The van der Waals surface area contributed by atoms with Crippen molar-refractivity contribution in [2.24, 2.45) is 22.6 Å². The van der Waals surface area contributed by atoms with E-state index in [9.17, 15) is 9.59 Å². The van der Waals surface area contributed by atoms with Crippen LogP contribution in [0.3, 0.4) is 0 Å². The monoisotopic (exact) mass is 258 g/mol. The molecule has 0 saturated heterocycles. The molecule has 17 heavy (non-hydrogen) atoms. The summed E-state index contributed by atoms with van der Waals surface area (Å²) in [5, 5.41) is 0. The quantitative estimate of drug-likeness (QED) is 0.469. The summed E-state index contributed by atoms with van der Waals surface area (Å²) in [4.78, 5) is 23.9. The van der Waals surface area contributed by atoms with Gasteiger partial charge in [0.2, 0.25) is 11.8 Å². The standard InChI is InChI=1S/C10H18N4O2S/c11-7(15)4-14(5-8(12)16)6-10(1-2-10)3-9(13)17/h1-6H2,(H2,11,15)(H2,12,16)(H2,13,17). The van der Waals surface area contributed by atoms with Gasteiger partial charge in [0, 0.05) is 13.0 Å². The number of nitrogens with two attached hydrogens (primary N) is 3. The van der Waals surface area contributed by atoms with E-state index >= 15 is 0 Å². The Morgan fingerprint density at radius 3 is 1.88 bits per heavy atom. The lowest BCUT2D eigenvalue weighted by molar-refractivity contribution is -0.122. The van der Waals surface area contributed by atoms with E-state index in [1.165, 1.54) is 0 Å². The molecule has 0 aromatic heterocycles. The maximum atomic E-state index is 10.9. The predicted molar refractivity (Wildman–Crippen MR) is 67.9 cm³/mol. The van der Waals surface area contributed by atoms with Crippen molar-refractivity contribution < 1.29 is 9.59 Å². The molecule has 1 aliphatic rings. The van der Waals surface area contributed by atoms with Crippen LogP contribution < -0.4 is 17.2 Å². The lowest BCUT2D eigenvalue weighted by atomic mass is 10.0. The summed E-state index contributed by atoms with van der Waals surface area (Å²) in [6, 6.07) is 0. The molecule has 0 spiro atoms. The zero-order valence-electron chi connectivity index (χ0n) is 9.65. The van der Waals surface area contributed by atoms with Crippen molar-refractivity contribution in [1.29, 1.82) is 0 Å². The highest BCUT2D eigenvalue weighted by atomic mass is 32.1. The number of primary amides is 2. The van der Waals surface area contributed by atoms with Gasteiger partial charge in [0.05, 0.1) is 18.1 Å². The largest absolute Gasteiger partial charge is 0.393 e. The van der Waals surface area contributed by atoms with E-state index in [4.69, 9.17) is 29.4 Å². The Morgan fingerprint density at radius 2 is 1.59 bits per heavy atom. The van der Waals surface area contributed by atoms with Crippen molar-refractivity contribution in [3.63, 3.8) is 0 Å². The number of rotatable bonds is 8. The predicted octanol–water partition coefficient (Wildman–Crippen LogP) is -1.28. The van der Waals surface area contributed by atoms with Crippen LogP contribution in [0.25, 0.3) is 0 Å². The normalized spacial score (nSPS) is 16.8. The zero-order valence-corrected chi connectivity index (χ0v) is 10.5. The first-order chi connectivity index (χ1) is 7.83. The molecule has 6 nitrogen and oxygen atoms in total. The van der Waals surface area contributed by atoms with Gasteiger partial charge in [0.25, 0.3) is 0 Å². The van der Waals surface area contributed by atoms with Crippen molar-refractivity contribution in [3.05, 3.63) is 0 Å². The average molecular weight is 258 g/mol. The molecule has 0 aliphatic heterocycles. The van der Waals surface area contributed by atoms with E-state index < -0.39 is 11.8 Å². The summed E-state index contributed by atoms with van der Waals surface area (Å²) >= 11 is 4.89. The smallest absolute Gasteiger partial charge is 0.231 e. The molecule has 0 aromatic rings. The molecule has 0 radical (unpaired) electrons. The van der Waals surface area contributed by atoms with Gasteiger partial charge in [-0.05, 0) is 18.3 Å². The lowest BCUT2D eigenvalue weighted by Crippen LogP contribution is -2.43. The Hall–Kier alpha value is -1.21. The minimum Gasteiger partial charge on any atom is -0.393 e. The van der Waals surface area contributed by atoms with Gasteiger partial charge in [0.1, 0.15) is 0 Å². The van der Waals surface area contributed by atoms with E-state index in [0.717, 1.165) is 12.8 Å². The molecule has 0 unspecified atom stereocenters. The summed E-state index contributed by atoms with van der Waals surface area (Å²) in [7, 11) is 0. The van der Waals surface area contributed by atoms with Gasteiger partial charge in [0.15, 0.2) is 0 Å². The number of amides is 2.